The normalized spacial score (nSPS) is 25.8. The van der Waals surface area contributed by atoms with E-state index in [4.69, 9.17) is 5.73 Å². The molecule has 3 atom stereocenters. The molecule has 17 heavy (non-hydrogen) atoms. The van der Waals surface area contributed by atoms with Crippen LogP contribution in [0, 0.1) is 6.92 Å². The maximum atomic E-state index is 6.25. The van der Waals surface area contributed by atoms with Crippen LogP contribution in [0.2, 0.25) is 0 Å². The summed E-state index contributed by atoms with van der Waals surface area (Å²) < 4.78 is 0. The van der Waals surface area contributed by atoms with Crippen LogP contribution in [0.15, 0.2) is 11.4 Å². The van der Waals surface area contributed by atoms with Crippen molar-refractivity contribution in [2.75, 3.05) is 6.54 Å². The molecule has 2 rings (SSSR count). The number of nitrogens with zero attached hydrogens (tertiary/aromatic N) is 1. The first kappa shape index (κ1) is 13.1. The Kier molecular flexibility index (Phi) is 4.23. The van der Waals surface area contributed by atoms with Crippen LogP contribution in [0.3, 0.4) is 0 Å². The third-order valence-electron chi connectivity index (χ3n) is 3.88. The Hall–Kier alpha value is -0.380. The molecule has 1 aromatic heterocycles. The molecule has 1 fully saturated rings. The van der Waals surface area contributed by atoms with Crippen molar-refractivity contribution >= 4 is 11.3 Å². The summed E-state index contributed by atoms with van der Waals surface area (Å²) in [6, 6.07) is 3.49. The first-order chi connectivity index (χ1) is 8.11. The molecule has 3 heteroatoms. The van der Waals surface area contributed by atoms with Crippen LogP contribution in [0.25, 0.3) is 0 Å². The Morgan fingerprint density at radius 2 is 2.24 bits per heavy atom. The second kappa shape index (κ2) is 5.51. The number of hydrogen-bond donors (Lipinski definition) is 1. The van der Waals surface area contributed by atoms with Gasteiger partial charge in [-0.15, -0.1) is 11.3 Å². The minimum Gasteiger partial charge on any atom is -0.326 e. The van der Waals surface area contributed by atoms with Crippen LogP contribution in [0.1, 0.15) is 49.6 Å². The van der Waals surface area contributed by atoms with Crippen molar-refractivity contribution in [1.82, 2.24) is 4.90 Å². The summed E-state index contributed by atoms with van der Waals surface area (Å²) in [6.45, 7) is 7.89. The highest BCUT2D eigenvalue weighted by Crippen LogP contribution is 2.34. The molecule has 0 amide bonds. The molecule has 2 N–H and O–H groups in total. The van der Waals surface area contributed by atoms with Crippen LogP contribution >= 0.6 is 11.3 Å². The number of nitrogens with two attached hydrogens (primary N) is 1. The fourth-order valence-electron chi connectivity index (χ4n) is 2.91. The van der Waals surface area contributed by atoms with Crippen LogP contribution in [-0.4, -0.2) is 23.5 Å². The van der Waals surface area contributed by atoms with Crippen molar-refractivity contribution in [3.05, 3.63) is 21.9 Å². The van der Waals surface area contributed by atoms with Crippen molar-refractivity contribution < 1.29 is 0 Å². The zero-order valence-corrected chi connectivity index (χ0v) is 12.0. The van der Waals surface area contributed by atoms with E-state index in [2.05, 4.69) is 37.1 Å². The predicted molar refractivity (Wildman–Crippen MR) is 75.5 cm³/mol. The van der Waals surface area contributed by atoms with Gasteiger partial charge in [0.25, 0.3) is 0 Å². The van der Waals surface area contributed by atoms with E-state index in [1.54, 1.807) is 0 Å². The first-order valence-electron chi connectivity index (χ1n) is 6.66. The predicted octanol–water partition coefficient (Wildman–Crippen LogP) is 3.32. The highest BCUT2D eigenvalue weighted by atomic mass is 32.1. The average Bonchev–Trinajstić information content (AvgIpc) is 2.68. The quantitative estimate of drug-likeness (QED) is 0.894. The van der Waals surface area contributed by atoms with Gasteiger partial charge in [0.1, 0.15) is 0 Å². The minimum absolute atomic E-state index is 0.202. The van der Waals surface area contributed by atoms with E-state index < -0.39 is 0 Å². The molecule has 0 spiro atoms. The van der Waals surface area contributed by atoms with Crippen LogP contribution < -0.4 is 5.73 Å². The fraction of sp³-hybridized carbons (Fsp3) is 0.714. The SMILES string of the molecule is Cc1ccsc1C(C(C)N)N1CCCCC1C. The first-order valence-corrected chi connectivity index (χ1v) is 7.54. The van der Waals surface area contributed by atoms with Crippen molar-refractivity contribution in [2.24, 2.45) is 5.73 Å². The summed E-state index contributed by atoms with van der Waals surface area (Å²) in [5, 5.41) is 2.19. The smallest absolute Gasteiger partial charge is 0.0595 e. The van der Waals surface area contributed by atoms with Gasteiger partial charge >= 0.3 is 0 Å². The molecule has 1 aromatic rings. The van der Waals surface area contributed by atoms with Crippen molar-refractivity contribution in [3.63, 3.8) is 0 Å². The maximum Gasteiger partial charge on any atom is 0.0595 e. The molecule has 1 aliphatic heterocycles. The number of piperidine rings is 1. The lowest BCUT2D eigenvalue weighted by Gasteiger charge is -2.41. The Balaban J connectivity index is 2.25. The topological polar surface area (TPSA) is 29.3 Å². The highest BCUT2D eigenvalue weighted by molar-refractivity contribution is 7.10. The molecule has 0 saturated carbocycles. The van der Waals surface area contributed by atoms with Gasteiger partial charge in [0.05, 0.1) is 6.04 Å². The Bertz CT molecular complexity index is 359. The van der Waals surface area contributed by atoms with Gasteiger partial charge in [0.15, 0.2) is 0 Å². The number of aryl methyl sites for hydroxylation is 1. The molecule has 0 aliphatic carbocycles. The molecule has 1 aliphatic rings. The van der Waals surface area contributed by atoms with Crippen molar-refractivity contribution in [2.45, 2.75) is 58.2 Å². The molecule has 0 bridgehead atoms. The van der Waals surface area contributed by atoms with Gasteiger partial charge in [-0.1, -0.05) is 6.42 Å². The van der Waals surface area contributed by atoms with E-state index in [1.165, 1.54) is 36.2 Å². The second-order valence-corrected chi connectivity index (χ2v) is 6.30. The Morgan fingerprint density at radius 1 is 1.47 bits per heavy atom. The largest absolute Gasteiger partial charge is 0.326 e. The highest BCUT2D eigenvalue weighted by Gasteiger charge is 2.31. The van der Waals surface area contributed by atoms with Gasteiger partial charge in [0, 0.05) is 17.0 Å². The van der Waals surface area contributed by atoms with E-state index in [0.717, 1.165) is 0 Å². The van der Waals surface area contributed by atoms with Gasteiger partial charge in [-0.25, -0.2) is 0 Å². The molecule has 2 heterocycles. The third kappa shape index (κ3) is 2.72. The summed E-state index contributed by atoms with van der Waals surface area (Å²) in [6.07, 6.45) is 4.00. The number of hydrogen-bond acceptors (Lipinski definition) is 3. The van der Waals surface area contributed by atoms with Gasteiger partial charge in [-0.3, -0.25) is 4.90 Å². The summed E-state index contributed by atoms with van der Waals surface area (Å²) >= 11 is 1.86. The van der Waals surface area contributed by atoms with Crippen molar-refractivity contribution in [3.8, 4) is 0 Å². The number of thiophene rings is 1. The lowest BCUT2D eigenvalue weighted by atomic mass is 9.96. The van der Waals surface area contributed by atoms with Gasteiger partial charge < -0.3 is 5.73 Å². The van der Waals surface area contributed by atoms with E-state index in [1.807, 2.05) is 11.3 Å². The standard InChI is InChI=1S/C14H24N2S/c1-10-7-9-17-14(10)13(12(3)15)16-8-5-4-6-11(16)2/h7,9,11-13H,4-6,8,15H2,1-3H3. The van der Waals surface area contributed by atoms with Crippen LogP contribution in [0.5, 0.6) is 0 Å². The maximum absolute atomic E-state index is 6.25. The molecule has 0 radical (unpaired) electrons. The third-order valence-corrected chi connectivity index (χ3v) is 4.97. The second-order valence-electron chi connectivity index (χ2n) is 5.35. The fourth-order valence-corrected chi connectivity index (χ4v) is 4.07. The molecule has 0 aromatic carbocycles. The molecule has 96 valence electrons. The molecule has 2 nitrogen and oxygen atoms in total. The summed E-state index contributed by atoms with van der Waals surface area (Å²) in [5.74, 6) is 0. The van der Waals surface area contributed by atoms with Gasteiger partial charge in [0.2, 0.25) is 0 Å². The summed E-state index contributed by atoms with van der Waals surface area (Å²) in [4.78, 5) is 4.08. The van der Waals surface area contributed by atoms with Crippen LogP contribution in [-0.2, 0) is 0 Å². The van der Waals surface area contributed by atoms with E-state index >= 15 is 0 Å². The molecular weight excluding hydrogens is 228 g/mol. The molecule has 1 saturated heterocycles. The summed E-state index contributed by atoms with van der Waals surface area (Å²) in [5.41, 5.74) is 7.65. The van der Waals surface area contributed by atoms with E-state index in [-0.39, 0.29) is 6.04 Å². The lowest BCUT2D eigenvalue weighted by Crippen LogP contribution is -2.46. The van der Waals surface area contributed by atoms with E-state index in [9.17, 15) is 0 Å². The zero-order chi connectivity index (χ0) is 12.4. The minimum atomic E-state index is 0.202. The molecular formula is C14H24N2S. The lowest BCUT2D eigenvalue weighted by molar-refractivity contribution is 0.0940. The number of likely N-dealkylation sites (tertiary alicyclic amines) is 1. The number of rotatable bonds is 3. The average molecular weight is 252 g/mol. The van der Waals surface area contributed by atoms with Crippen molar-refractivity contribution in [1.29, 1.82) is 0 Å². The van der Waals surface area contributed by atoms with Crippen LogP contribution in [0.4, 0.5) is 0 Å². The monoisotopic (exact) mass is 252 g/mol. The van der Waals surface area contributed by atoms with Gasteiger partial charge in [-0.05, 0) is 57.2 Å². The summed E-state index contributed by atoms with van der Waals surface area (Å²) in [7, 11) is 0. The van der Waals surface area contributed by atoms with Gasteiger partial charge in [-0.2, -0.15) is 0 Å². The van der Waals surface area contributed by atoms with E-state index in [0.29, 0.717) is 12.1 Å². The Morgan fingerprint density at radius 3 is 2.76 bits per heavy atom. The Labute approximate surface area is 109 Å². The zero-order valence-electron chi connectivity index (χ0n) is 11.1. The molecule has 3 unspecified atom stereocenters.